The second-order valence-electron chi connectivity index (χ2n) is 4.42. The zero-order chi connectivity index (χ0) is 11.4. The van der Waals surface area contributed by atoms with E-state index < -0.39 is 0 Å². The molecule has 2 atom stereocenters. The number of rotatable bonds is 3. The molecular formula is C12H19N3O. The van der Waals surface area contributed by atoms with E-state index in [1.165, 1.54) is 12.8 Å². The summed E-state index contributed by atoms with van der Waals surface area (Å²) in [6.07, 6.45) is 6.32. The quantitative estimate of drug-likeness (QED) is 0.725. The van der Waals surface area contributed by atoms with Gasteiger partial charge in [0.1, 0.15) is 5.82 Å². The van der Waals surface area contributed by atoms with E-state index in [1.807, 2.05) is 12.1 Å². The van der Waals surface area contributed by atoms with Crippen molar-refractivity contribution < 1.29 is 5.11 Å². The lowest BCUT2D eigenvalue weighted by Crippen LogP contribution is -2.34. The number of pyridine rings is 1. The highest BCUT2D eigenvalue weighted by atomic mass is 16.3. The number of aromatic nitrogens is 1. The lowest BCUT2D eigenvalue weighted by molar-refractivity contribution is 0.178. The van der Waals surface area contributed by atoms with Crippen LogP contribution in [0.5, 0.6) is 0 Å². The first-order chi connectivity index (χ1) is 7.81. The van der Waals surface area contributed by atoms with Gasteiger partial charge in [-0.1, -0.05) is 12.8 Å². The monoisotopic (exact) mass is 221 g/mol. The van der Waals surface area contributed by atoms with Crippen LogP contribution in [-0.4, -0.2) is 22.7 Å². The minimum absolute atomic E-state index is 0.240. The van der Waals surface area contributed by atoms with Gasteiger partial charge in [-0.05, 0) is 25.0 Å². The van der Waals surface area contributed by atoms with Crippen LogP contribution < -0.4 is 11.1 Å². The van der Waals surface area contributed by atoms with Gasteiger partial charge >= 0.3 is 0 Å². The maximum absolute atomic E-state index is 9.32. The predicted molar refractivity (Wildman–Crippen MR) is 65.1 cm³/mol. The largest absolute Gasteiger partial charge is 0.396 e. The van der Waals surface area contributed by atoms with Crippen molar-refractivity contribution in [3.8, 4) is 0 Å². The first-order valence-electron chi connectivity index (χ1n) is 5.89. The van der Waals surface area contributed by atoms with E-state index in [4.69, 9.17) is 5.73 Å². The second-order valence-corrected chi connectivity index (χ2v) is 4.42. The van der Waals surface area contributed by atoms with Crippen LogP contribution in [0.15, 0.2) is 18.3 Å². The maximum Gasteiger partial charge on any atom is 0.149 e. The fraction of sp³-hybridized carbons (Fsp3) is 0.583. The van der Waals surface area contributed by atoms with Gasteiger partial charge in [-0.2, -0.15) is 0 Å². The number of hydrogen-bond acceptors (Lipinski definition) is 4. The van der Waals surface area contributed by atoms with Crippen molar-refractivity contribution in [2.75, 3.05) is 17.7 Å². The molecule has 1 aliphatic rings. The summed E-state index contributed by atoms with van der Waals surface area (Å²) in [5, 5.41) is 12.7. The van der Waals surface area contributed by atoms with Crippen molar-refractivity contribution in [1.29, 1.82) is 0 Å². The molecule has 0 aliphatic heterocycles. The molecule has 0 radical (unpaired) electrons. The molecule has 2 rings (SSSR count). The Labute approximate surface area is 95.9 Å². The number of nitrogens with one attached hydrogen (secondary N) is 1. The normalized spacial score (nSPS) is 25.3. The number of aliphatic hydroxyl groups excluding tert-OH is 1. The SMILES string of the molecule is Nc1cccnc1NC1CCCCC1CO. The van der Waals surface area contributed by atoms with E-state index in [2.05, 4.69) is 10.3 Å². The zero-order valence-electron chi connectivity index (χ0n) is 9.39. The Balaban J connectivity index is 2.05. The predicted octanol–water partition coefficient (Wildman–Crippen LogP) is 1.63. The van der Waals surface area contributed by atoms with E-state index >= 15 is 0 Å². The van der Waals surface area contributed by atoms with E-state index in [1.54, 1.807) is 6.20 Å². The van der Waals surface area contributed by atoms with Crippen LogP contribution >= 0.6 is 0 Å². The average molecular weight is 221 g/mol. The fourth-order valence-electron chi connectivity index (χ4n) is 2.33. The smallest absolute Gasteiger partial charge is 0.149 e. The molecule has 1 aromatic heterocycles. The molecule has 0 spiro atoms. The van der Waals surface area contributed by atoms with Crippen molar-refractivity contribution in [3.05, 3.63) is 18.3 Å². The highest BCUT2D eigenvalue weighted by Gasteiger charge is 2.24. The van der Waals surface area contributed by atoms with Gasteiger partial charge in [0.05, 0.1) is 5.69 Å². The Morgan fingerprint density at radius 2 is 2.25 bits per heavy atom. The Bertz CT molecular complexity index is 343. The molecule has 88 valence electrons. The molecular weight excluding hydrogens is 202 g/mol. The Kier molecular flexibility index (Phi) is 3.62. The molecule has 1 fully saturated rings. The van der Waals surface area contributed by atoms with Gasteiger partial charge in [0.25, 0.3) is 0 Å². The van der Waals surface area contributed by atoms with E-state index in [0.29, 0.717) is 17.6 Å². The van der Waals surface area contributed by atoms with Crippen LogP contribution in [0.2, 0.25) is 0 Å². The standard InChI is InChI=1S/C12H19N3O/c13-10-5-3-7-14-12(10)15-11-6-2-1-4-9(11)8-16/h3,5,7,9,11,16H,1-2,4,6,8,13H2,(H,14,15). The van der Waals surface area contributed by atoms with Crippen LogP contribution in [0, 0.1) is 5.92 Å². The van der Waals surface area contributed by atoms with Crippen LogP contribution in [0.4, 0.5) is 11.5 Å². The first kappa shape index (κ1) is 11.2. The molecule has 2 unspecified atom stereocenters. The highest BCUT2D eigenvalue weighted by Crippen LogP contribution is 2.27. The van der Waals surface area contributed by atoms with Gasteiger partial charge in [-0.15, -0.1) is 0 Å². The molecule has 0 saturated heterocycles. The number of anilines is 2. The van der Waals surface area contributed by atoms with E-state index in [0.717, 1.165) is 18.7 Å². The van der Waals surface area contributed by atoms with Gasteiger partial charge in [0, 0.05) is 24.8 Å². The van der Waals surface area contributed by atoms with Gasteiger partial charge < -0.3 is 16.2 Å². The van der Waals surface area contributed by atoms with E-state index in [-0.39, 0.29) is 6.61 Å². The highest BCUT2D eigenvalue weighted by molar-refractivity contribution is 5.60. The summed E-state index contributed by atoms with van der Waals surface area (Å²) >= 11 is 0. The molecule has 0 amide bonds. The molecule has 16 heavy (non-hydrogen) atoms. The van der Waals surface area contributed by atoms with Gasteiger partial charge in [0.2, 0.25) is 0 Å². The average Bonchev–Trinajstić information content (AvgIpc) is 2.33. The molecule has 4 heteroatoms. The summed E-state index contributed by atoms with van der Waals surface area (Å²) in [5.41, 5.74) is 6.51. The molecule has 1 saturated carbocycles. The van der Waals surface area contributed by atoms with E-state index in [9.17, 15) is 5.11 Å². The van der Waals surface area contributed by atoms with Crippen molar-refractivity contribution in [1.82, 2.24) is 4.98 Å². The molecule has 0 aromatic carbocycles. The summed E-state index contributed by atoms with van der Waals surface area (Å²) in [6.45, 7) is 0.240. The fourth-order valence-corrected chi connectivity index (χ4v) is 2.33. The molecule has 0 bridgehead atoms. The molecule has 4 nitrogen and oxygen atoms in total. The summed E-state index contributed by atoms with van der Waals surface area (Å²) in [7, 11) is 0. The van der Waals surface area contributed by atoms with Crippen LogP contribution in [-0.2, 0) is 0 Å². The maximum atomic E-state index is 9.32. The number of nitrogen functional groups attached to an aromatic ring is 1. The summed E-state index contributed by atoms with van der Waals surface area (Å²) in [5.74, 6) is 1.07. The third-order valence-electron chi connectivity index (χ3n) is 3.30. The number of aliphatic hydroxyl groups is 1. The topological polar surface area (TPSA) is 71.2 Å². The molecule has 1 aromatic rings. The number of hydrogen-bond donors (Lipinski definition) is 3. The van der Waals surface area contributed by atoms with Gasteiger partial charge in [-0.25, -0.2) is 4.98 Å². The van der Waals surface area contributed by atoms with Crippen molar-refractivity contribution in [2.24, 2.45) is 5.92 Å². The summed E-state index contributed by atoms with van der Waals surface area (Å²) < 4.78 is 0. The van der Waals surface area contributed by atoms with Crippen molar-refractivity contribution in [3.63, 3.8) is 0 Å². The Morgan fingerprint density at radius 3 is 3.00 bits per heavy atom. The lowest BCUT2D eigenvalue weighted by Gasteiger charge is -2.31. The molecule has 4 N–H and O–H groups in total. The van der Waals surface area contributed by atoms with Crippen molar-refractivity contribution in [2.45, 2.75) is 31.7 Å². The number of nitrogens with two attached hydrogens (primary N) is 1. The Morgan fingerprint density at radius 1 is 1.44 bits per heavy atom. The number of nitrogens with zero attached hydrogens (tertiary/aromatic N) is 1. The van der Waals surface area contributed by atoms with Crippen LogP contribution in [0.25, 0.3) is 0 Å². The minimum atomic E-state index is 0.240. The zero-order valence-corrected chi connectivity index (χ0v) is 9.39. The minimum Gasteiger partial charge on any atom is -0.396 e. The van der Waals surface area contributed by atoms with Crippen LogP contribution in [0.1, 0.15) is 25.7 Å². The summed E-state index contributed by atoms with van der Waals surface area (Å²) in [4.78, 5) is 4.22. The third-order valence-corrected chi connectivity index (χ3v) is 3.30. The lowest BCUT2D eigenvalue weighted by atomic mass is 9.85. The molecule has 1 heterocycles. The summed E-state index contributed by atoms with van der Waals surface area (Å²) in [6, 6.07) is 3.97. The van der Waals surface area contributed by atoms with Crippen molar-refractivity contribution >= 4 is 11.5 Å². The Hall–Kier alpha value is -1.29. The van der Waals surface area contributed by atoms with Gasteiger partial charge in [-0.3, -0.25) is 0 Å². The third kappa shape index (κ3) is 2.44. The second kappa shape index (κ2) is 5.16. The van der Waals surface area contributed by atoms with Gasteiger partial charge in [0.15, 0.2) is 0 Å². The van der Waals surface area contributed by atoms with Crippen LogP contribution in [0.3, 0.4) is 0 Å². The first-order valence-corrected chi connectivity index (χ1v) is 5.89. The molecule has 1 aliphatic carbocycles.